The Labute approximate surface area is 268 Å². The van der Waals surface area contributed by atoms with Crippen LogP contribution >= 0.6 is 0 Å². The SMILES string of the molecule is CC(C)Oc1ccc(-c2c[nH]c3nccc(Oc4ccc(NC5=NC[C@@](CO)(c6ccccc6)CO5)cc4C(F)(F)F)c23)cc1C#N. The highest BCUT2D eigenvalue weighted by molar-refractivity contribution is 5.98. The van der Waals surface area contributed by atoms with E-state index < -0.39 is 22.9 Å². The van der Waals surface area contributed by atoms with Crippen molar-refractivity contribution in [1.29, 1.82) is 5.26 Å². The van der Waals surface area contributed by atoms with Crippen LogP contribution in [0.5, 0.6) is 17.2 Å². The van der Waals surface area contributed by atoms with Gasteiger partial charge in [0.1, 0.15) is 41.1 Å². The number of anilines is 1. The summed E-state index contributed by atoms with van der Waals surface area (Å²) < 4.78 is 60.6. The Balaban J connectivity index is 1.29. The zero-order valence-electron chi connectivity index (χ0n) is 25.4. The second-order valence-electron chi connectivity index (χ2n) is 11.4. The molecule has 6 rings (SSSR count). The van der Waals surface area contributed by atoms with Gasteiger partial charge in [0.25, 0.3) is 6.02 Å². The molecule has 2 aromatic heterocycles. The summed E-state index contributed by atoms with van der Waals surface area (Å²) in [5.74, 6) is 0.147. The molecule has 0 unspecified atom stereocenters. The van der Waals surface area contributed by atoms with Crippen LogP contribution in [0.15, 0.2) is 90.2 Å². The average molecular weight is 642 g/mol. The highest BCUT2D eigenvalue weighted by Gasteiger charge is 2.37. The number of pyridine rings is 1. The van der Waals surface area contributed by atoms with E-state index in [1.165, 1.54) is 24.4 Å². The summed E-state index contributed by atoms with van der Waals surface area (Å²) in [5, 5.41) is 23.1. The number of aliphatic imine (C=N–C) groups is 1. The molecule has 0 bridgehead atoms. The normalized spacial score (nSPS) is 16.3. The Hall–Kier alpha value is -5.54. The molecule has 12 heteroatoms. The van der Waals surface area contributed by atoms with Gasteiger partial charge in [0.05, 0.1) is 35.6 Å². The van der Waals surface area contributed by atoms with E-state index in [2.05, 4.69) is 26.3 Å². The first-order valence-electron chi connectivity index (χ1n) is 14.8. The Morgan fingerprint density at radius 1 is 1.06 bits per heavy atom. The number of benzene rings is 3. The number of H-pyrrole nitrogens is 1. The van der Waals surface area contributed by atoms with Crippen LogP contribution in [0, 0.1) is 11.3 Å². The lowest BCUT2D eigenvalue weighted by Crippen LogP contribution is -2.44. The van der Waals surface area contributed by atoms with Crippen molar-refractivity contribution in [1.82, 2.24) is 9.97 Å². The van der Waals surface area contributed by atoms with Crippen molar-refractivity contribution in [3.05, 3.63) is 102 Å². The number of aromatic nitrogens is 2. The summed E-state index contributed by atoms with van der Waals surface area (Å²) >= 11 is 0. The highest BCUT2D eigenvalue weighted by Crippen LogP contribution is 2.43. The van der Waals surface area contributed by atoms with Crippen LogP contribution in [-0.2, 0) is 16.3 Å². The fourth-order valence-electron chi connectivity index (χ4n) is 5.39. The van der Waals surface area contributed by atoms with Crippen molar-refractivity contribution in [2.24, 2.45) is 4.99 Å². The number of nitrogens with zero attached hydrogens (tertiary/aromatic N) is 3. The zero-order valence-corrected chi connectivity index (χ0v) is 25.4. The molecular formula is C35H30F3N5O4. The van der Waals surface area contributed by atoms with Crippen LogP contribution in [0.4, 0.5) is 18.9 Å². The molecule has 5 aromatic rings. The second-order valence-corrected chi connectivity index (χ2v) is 11.4. The van der Waals surface area contributed by atoms with Crippen molar-refractivity contribution in [2.45, 2.75) is 31.5 Å². The fraction of sp³-hybridized carbons (Fsp3) is 0.229. The Morgan fingerprint density at radius 2 is 1.85 bits per heavy atom. The van der Waals surface area contributed by atoms with E-state index in [4.69, 9.17) is 14.2 Å². The minimum Gasteiger partial charge on any atom is -0.490 e. The summed E-state index contributed by atoms with van der Waals surface area (Å²) in [6.45, 7) is 3.78. The Bertz CT molecular complexity index is 1990. The van der Waals surface area contributed by atoms with Gasteiger partial charge >= 0.3 is 6.18 Å². The van der Waals surface area contributed by atoms with Crippen LogP contribution in [0.1, 0.15) is 30.5 Å². The summed E-state index contributed by atoms with van der Waals surface area (Å²) in [5.41, 5.74) is 1.10. The lowest BCUT2D eigenvalue weighted by Gasteiger charge is -2.34. The van der Waals surface area contributed by atoms with Gasteiger partial charge in [-0.15, -0.1) is 0 Å². The number of aliphatic hydroxyl groups is 1. The third-order valence-electron chi connectivity index (χ3n) is 7.76. The van der Waals surface area contributed by atoms with Gasteiger partial charge in [-0.1, -0.05) is 36.4 Å². The molecule has 1 aliphatic rings. The number of ether oxygens (including phenoxy) is 3. The fourth-order valence-corrected chi connectivity index (χ4v) is 5.39. The minimum atomic E-state index is -4.76. The Kier molecular flexibility index (Phi) is 8.49. The quantitative estimate of drug-likeness (QED) is 0.161. The predicted octanol–water partition coefficient (Wildman–Crippen LogP) is 7.43. The molecule has 1 aliphatic heterocycles. The first-order chi connectivity index (χ1) is 22.6. The molecule has 47 heavy (non-hydrogen) atoms. The maximum Gasteiger partial charge on any atom is 0.420 e. The number of hydrogen-bond acceptors (Lipinski definition) is 8. The first-order valence-corrected chi connectivity index (χ1v) is 14.8. The van der Waals surface area contributed by atoms with E-state index in [0.717, 1.165) is 11.6 Å². The van der Waals surface area contributed by atoms with Gasteiger partial charge in [0, 0.05) is 23.6 Å². The number of rotatable bonds is 8. The van der Waals surface area contributed by atoms with Crippen molar-refractivity contribution in [3.8, 4) is 34.4 Å². The molecule has 0 spiro atoms. The highest BCUT2D eigenvalue weighted by atomic mass is 19.4. The smallest absolute Gasteiger partial charge is 0.420 e. The largest absolute Gasteiger partial charge is 0.490 e. The molecule has 0 saturated heterocycles. The van der Waals surface area contributed by atoms with E-state index in [9.17, 15) is 23.5 Å². The van der Waals surface area contributed by atoms with Crippen molar-refractivity contribution < 1.29 is 32.5 Å². The molecule has 0 fully saturated rings. The third-order valence-corrected chi connectivity index (χ3v) is 7.76. The molecular weight excluding hydrogens is 611 g/mol. The number of aliphatic hydroxyl groups excluding tert-OH is 1. The van der Waals surface area contributed by atoms with Crippen LogP contribution in [0.25, 0.3) is 22.2 Å². The maximum absolute atomic E-state index is 14.4. The van der Waals surface area contributed by atoms with Gasteiger partial charge in [-0.3, -0.25) is 0 Å². The molecule has 0 saturated carbocycles. The number of nitrogens with one attached hydrogen (secondary N) is 2. The third kappa shape index (κ3) is 6.43. The van der Waals surface area contributed by atoms with Gasteiger partial charge in [0.15, 0.2) is 0 Å². The number of nitriles is 1. The number of hydrogen-bond donors (Lipinski definition) is 3. The number of amidine groups is 1. The number of aromatic amines is 1. The summed E-state index contributed by atoms with van der Waals surface area (Å²) in [6.07, 6.45) is -1.80. The first kappa shape index (κ1) is 31.4. The van der Waals surface area contributed by atoms with Gasteiger partial charge < -0.3 is 29.6 Å². The number of alkyl halides is 3. The topological polar surface area (TPSA) is 125 Å². The molecule has 0 radical (unpaired) electrons. The van der Waals surface area contributed by atoms with Crippen LogP contribution in [-0.4, -0.2) is 47.0 Å². The molecule has 0 amide bonds. The van der Waals surface area contributed by atoms with E-state index >= 15 is 0 Å². The van der Waals surface area contributed by atoms with Crippen molar-refractivity contribution in [3.63, 3.8) is 0 Å². The minimum absolute atomic E-state index is 0.0427. The molecule has 3 heterocycles. The molecule has 0 aliphatic carbocycles. The average Bonchev–Trinajstić information content (AvgIpc) is 3.51. The molecule has 1 atom stereocenters. The lowest BCUT2D eigenvalue weighted by molar-refractivity contribution is -0.138. The van der Waals surface area contributed by atoms with Crippen LogP contribution in [0.3, 0.4) is 0 Å². The van der Waals surface area contributed by atoms with Gasteiger partial charge in [-0.25, -0.2) is 9.98 Å². The van der Waals surface area contributed by atoms with Crippen molar-refractivity contribution >= 4 is 22.7 Å². The van der Waals surface area contributed by atoms with Gasteiger partial charge in [-0.05, 0) is 61.4 Å². The molecule has 3 aromatic carbocycles. The van der Waals surface area contributed by atoms with Gasteiger partial charge in [-0.2, -0.15) is 18.4 Å². The molecule has 9 nitrogen and oxygen atoms in total. The Morgan fingerprint density at radius 3 is 2.53 bits per heavy atom. The van der Waals surface area contributed by atoms with E-state index in [-0.39, 0.29) is 43.3 Å². The van der Waals surface area contributed by atoms with Gasteiger partial charge in [0.2, 0.25) is 0 Å². The summed E-state index contributed by atoms with van der Waals surface area (Å²) in [4.78, 5) is 11.7. The van der Waals surface area contributed by atoms with E-state index in [1.807, 2.05) is 44.2 Å². The van der Waals surface area contributed by atoms with Crippen molar-refractivity contribution in [2.75, 3.05) is 25.1 Å². The number of halogens is 3. The van der Waals surface area contributed by atoms with E-state index in [1.54, 1.807) is 24.4 Å². The molecule has 3 N–H and O–H groups in total. The van der Waals surface area contributed by atoms with Crippen LogP contribution in [0.2, 0.25) is 0 Å². The summed E-state index contributed by atoms with van der Waals surface area (Å²) in [7, 11) is 0. The zero-order chi connectivity index (χ0) is 33.2. The monoisotopic (exact) mass is 641 g/mol. The lowest BCUT2D eigenvalue weighted by atomic mass is 9.81. The van der Waals surface area contributed by atoms with Crippen LogP contribution < -0.4 is 14.8 Å². The van der Waals surface area contributed by atoms with E-state index in [0.29, 0.717) is 33.5 Å². The number of fused-ring (bicyclic) bond motifs is 1. The maximum atomic E-state index is 14.4. The molecule has 240 valence electrons. The summed E-state index contributed by atoms with van der Waals surface area (Å²) in [6, 6.07) is 21.7. The second kappa shape index (κ2) is 12.7. The standard InChI is InChI=1S/C35H30F3N5O4/c1-21(2)46-28-10-8-22(14-23(28)16-39)26-17-41-32-31(26)30(12-13-40-32)47-29-11-9-25(15-27(29)35(36,37)38)43-33-42-18-34(19-44,20-45-33)24-6-4-3-5-7-24/h3-15,17,21,44H,18-20H2,1-2H3,(H,40,41)(H,42,43)/t34-/m0/s1. The predicted molar refractivity (Wildman–Crippen MR) is 171 cm³/mol.